The molecule has 2 fully saturated rings. The largest absolute Gasteiger partial charge is 0.384 e. The lowest BCUT2D eigenvalue weighted by molar-refractivity contribution is -0.141. The van der Waals surface area contributed by atoms with E-state index >= 15 is 0 Å². The number of ether oxygens (including phenoxy) is 1. The fourth-order valence-corrected chi connectivity index (χ4v) is 3.56. The van der Waals surface area contributed by atoms with E-state index in [4.69, 9.17) is 4.74 Å². The maximum absolute atomic E-state index is 12.4. The van der Waals surface area contributed by atoms with E-state index in [0.29, 0.717) is 6.61 Å². The molecule has 0 aromatic carbocycles. The summed E-state index contributed by atoms with van der Waals surface area (Å²) >= 11 is 0. The average Bonchev–Trinajstić information content (AvgIpc) is 2.81. The Kier molecular flexibility index (Phi) is 4.51. The van der Waals surface area contributed by atoms with Crippen molar-refractivity contribution >= 4 is 5.91 Å². The summed E-state index contributed by atoms with van der Waals surface area (Å²) in [5, 5.41) is 3.21. The Balaban J connectivity index is 1.92. The molecule has 1 amide bonds. The summed E-state index contributed by atoms with van der Waals surface area (Å²) in [6.45, 7) is 1.35. The second-order valence-corrected chi connectivity index (χ2v) is 6.58. The van der Waals surface area contributed by atoms with E-state index in [0.717, 1.165) is 25.8 Å². The maximum atomic E-state index is 12.4. The summed E-state index contributed by atoms with van der Waals surface area (Å²) in [6.07, 6.45) is 8.03. The molecule has 2 aliphatic rings. The van der Waals surface area contributed by atoms with Crippen LogP contribution in [0.5, 0.6) is 0 Å². The summed E-state index contributed by atoms with van der Waals surface area (Å²) in [7, 11) is 5.95. The lowest BCUT2D eigenvalue weighted by atomic mass is 9.68. The first-order valence-corrected chi connectivity index (χ1v) is 7.49. The standard InChI is InChI=1S/C15H28N2O2/c1-17(2)15(9-4-5-10-15)11-16-13(18)14(12-19-3)7-6-8-14/h4-12H2,1-3H3,(H,16,18). The molecule has 2 aliphatic carbocycles. The third kappa shape index (κ3) is 2.79. The zero-order chi connectivity index (χ0) is 13.9. The molecule has 4 nitrogen and oxygen atoms in total. The number of rotatable bonds is 6. The first-order valence-electron chi connectivity index (χ1n) is 7.49. The van der Waals surface area contributed by atoms with Crippen molar-refractivity contribution in [1.82, 2.24) is 10.2 Å². The number of hydrogen-bond acceptors (Lipinski definition) is 3. The van der Waals surface area contributed by atoms with Gasteiger partial charge >= 0.3 is 0 Å². The number of carbonyl (C=O) groups is 1. The molecule has 0 aromatic rings. The van der Waals surface area contributed by atoms with Gasteiger partial charge in [0, 0.05) is 19.2 Å². The molecule has 2 rings (SSSR count). The molecule has 0 spiro atoms. The Bertz CT molecular complexity index is 318. The second-order valence-electron chi connectivity index (χ2n) is 6.58. The van der Waals surface area contributed by atoms with Crippen molar-refractivity contribution in [1.29, 1.82) is 0 Å². The molecule has 4 heteroatoms. The number of nitrogens with one attached hydrogen (secondary N) is 1. The first-order chi connectivity index (χ1) is 9.05. The van der Waals surface area contributed by atoms with E-state index in [1.165, 1.54) is 25.7 Å². The predicted octanol–water partition coefficient (Wildman–Crippen LogP) is 1.79. The molecule has 0 unspecified atom stereocenters. The van der Waals surface area contributed by atoms with Crippen molar-refractivity contribution in [3.8, 4) is 0 Å². The topological polar surface area (TPSA) is 41.6 Å². The minimum absolute atomic E-state index is 0.174. The van der Waals surface area contributed by atoms with Crippen molar-refractivity contribution in [2.75, 3.05) is 34.4 Å². The van der Waals surface area contributed by atoms with Gasteiger partial charge in [0.05, 0.1) is 12.0 Å². The van der Waals surface area contributed by atoms with Crippen LogP contribution in [0, 0.1) is 5.41 Å². The van der Waals surface area contributed by atoms with Gasteiger partial charge in [0.15, 0.2) is 0 Å². The molecule has 0 radical (unpaired) electrons. The van der Waals surface area contributed by atoms with Crippen LogP contribution in [0.3, 0.4) is 0 Å². The van der Waals surface area contributed by atoms with Gasteiger partial charge in [-0.3, -0.25) is 4.79 Å². The van der Waals surface area contributed by atoms with Gasteiger partial charge in [-0.2, -0.15) is 0 Å². The number of amides is 1. The predicted molar refractivity (Wildman–Crippen MR) is 76.1 cm³/mol. The molecule has 0 saturated heterocycles. The molecule has 0 aliphatic heterocycles. The third-order valence-electron chi connectivity index (χ3n) is 5.27. The summed E-state index contributed by atoms with van der Waals surface area (Å²) in [4.78, 5) is 14.7. The summed E-state index contributed by atoms with van der Waals surface area (Å²) < 4.78 is 5.24. The van der Waals surface area contributed by atoms with Crippen LogP contribution in [-0.4, -0.2) is 50.7 Å². The average molecular weight is 268 g/mol. The highest BCUT2D eigenvalue weighted by Gasteiger charge is 2.45. The van der Waals surface area contributed by atoms with Crippen LogP contribution >= 0.6 is 0 Å². The fourth-order valence-electron chi connectivity index (χ4n) is 3.56. The normalized spacial score (nSPS) is 24.2. The van der Waals surface area contributed by atoms with E-state index in [1.807, 2.05) is 0 Å². The van der Waals surface area contributed by atoms with Gasteiger partial charge in [0.25, 0.3) is 0 Å². The third-order valence-corrected chi connectivity index (χ3v) is 5.27. The molecule has 1 N–H and O–H groups in total. The van der Waals surface area contributed by atoms with Crippen molar-refractivity contribution in [2.24, 2.45) is 5.41 Å². The highest BCUT2D eigenvalue weighted by Crippen LogP contribution is 2.41. The molecule has 0 atom stereocenters. The Hall–Kier alpha value is -0.610. The summed E-state index contributed by atoms with van der Waals surface area (Å²) in [5.74, 6) is 0.203. The lowest BCUT2D eigenvalue weighted by Crippen LogP contribution is -2.55. The van der Waals surface area contributed by atoms with E-state index in [-0.39, 0.29) is 16.9 Å². The van der Waals surface area contributed by atoms with E-state index in [1.54, 1.807) is 7.11 Å². The molecular formula is C15H28N2O2. The number of carbonyl (C=O) groups excluding carboxylic acids is 1. The first kappa shape index (κ1) is 14.8. The molecule has 2 saturated carbocycles. The van der Waals surface area contributed by atoms with Crippen LogP contribution in [0.2, 0.25) is 0 Å². The Morgan fingerprint density at radius 2 is 1.79 bits per heavy atom. The summed E-state index contributed by atoms with van der Waals surface area (Å²) in [5.41, 5.74) is -0.0610. The molecule has 19 heavy (non-hydrogen) atoms. The summed E-state index contributed by atoms with van der Waals surface area (Å²) in [6, 6.07) is 0. The zero-order valence-corrected chi connectivity index (χ0v) is 12.6. The molecular weight excluding hydrogens is 240 g/mol. The van der Waals surface area contributed by atoms with Gasteiger partial charge in [-0.15, -0.1) is 0 Å². The lowest BCUT2D eigenvalue weighted by Gasteiger charge is -2.42. The van der Waals surface area contributed by atoms with Gasteiger partial charge < -0.3 is 15.0 Å². The van der Waals surface area contributed by atoms with Gasteiger partial charge in [0.1, 0.15) is 0 Å². The van der Waals surface area contributed by atoms with Crippen molar-refractivity contribution in [3.63, 3.8) is 0 Å². The van der Waals surface area contributed by atoms with Gasteiger partial charge in [0.2, 0.25) is 5.91 Å². The van der Waals surface area contributed by atoms with Crippen LogP contribution < -0.4 is 5.32 Å². The highest BCUT2D eigenvalue weighted by molar-refractivity contribution is 5.83. The molecule has 0 bridgehead atoms. The minimum atomic E-state index is -0.235. The minimum Gasteiger partial charge on any atom is -0.384 e. The quantitative estimate of drug-likeness (QED) is 0.798. The monoisotopic (exact) mass is 268 g/mol. The van der Waals surface area contributed by atoms with E-state index in [9.17, 15) is 4.79 Å². The molecule has 110 valence electrons. The number of nitrogens with zero attached hydrogens (tertiary/aromatic N) is 1. The SMILES string of the molecule is COCC1(C(=O)NCC2(N(C)C)CCCC2)CCC1. The van der Waals surface area contributed by atoms with Crippen LogP contribution in [0.4, 0.5) is 0 Å². The fraction of sp³-hybridized carbons (Fsp3) is 0.933. The Morgan fingerprint density at radius 3 is 2.21 bits per heavy atom. The van der Waals surface area contributed by atoms with Crippen LogP contribution in [0.15, 0.2) is 0 Å². The maximum Gasteiger partial charge on any atom is 0.228 e. The van der Waals surface area contributed by atoms with E-state index in [2.05, 4.69) is 24.3 Å². The Morgan fingerprint density at radius 1 is 1.16 bits per heavy atom. The smallest absolute Gasteiger partial charge is 0.228 e. The van der Waals surface area contributed by atoms with Gasteiger partial charge in [-0.05, 0) is 39.8 Å². The van der Waals surface area contributed by atoms with Crippen LogP contribution in [-0.2, 0) is 9.53 Å². The number of hydrogen-bond donors (Lipinski definition) is 1. The highest BCUT2D eigenvalue weighted by atomic mass is 16.5. The number of likely N-dealkylation sites (N-methyl/N-ethyl adjacent to an activating group) is 1. The van der Waals surface area contributed by atoms with Crippen molar-refractivity contribution in [3.05, 3.63) is 0 Å². The van der Waals surface area contributed by atoms with Gasteiger partial charge in [-0.25, -0.2) is 0 Å². The molecule has 0 heterocycles. The van der Waals surface area contributed by atoms with Crippen LogP contribution in [0.1, 0.15) is 44.9 Å². The van der Waals surface area contributed by atoms with E-state index < -0.39 is 0 Å². The Labute approximate surface area is 116 Å². The van der Waals surface area contributed by atoms with Crippen molar-refractivity contribution in [2.45, 2.75) is 50.5 Å². The van der Waals surface area contributed by atoms with Crippen LogP contribution in [0.25, 0.3) is 0 Å². The van der Waals surface area contributed by atoms with Gasteiger partial charge in [-0.1, -0.05) is 19.3 Å². The molecule has 0 aromatic heterocycles. The zero-order valence-electron chi connectivity index (χ0n) is 12.6. The number of methoxy groups -OCH3 is 1. The van der Waals surface area contributed by atoms with Crippen molar-refractivity contribution < 1.29 is 9.53 Å². The second kappa shape index (κ2) is 5.80.